The third-order valence-electron chi connectivity index (χ3n) is 4.74. The lowest BCUT2D eigenvalue weighted by Gasteiger charge is -2.17. The first-order valence-corrected chi connectivity index (χ1v) is 10.2. The molecule has 1 aliphatic heterocycles. The van der Waals surface area contributed by atoms with Gasteiger partial charge in [0.1, 0.15) is 17.2 Å². The van der Waals surface area contributed by atoms with E-state index < -0.39 is 52.9 Å². The number of carbonyl (C=O) groups excluding carboxylic acids is 1. The van der Waals surface area contributed by atoms with Gasteiger partial charge in [0.15, 0.2) is 11.6 Å². The first-order valence-electron chi connectivity index (χ1n) is 8.72. The van der Waals surface area contributed by atoms with Crippen LogP contribution in [0.4, 0.5) is 18.9 Å². The molecule has 2 aromatic carbocycles. The van der Waals surface area contributed by atoms with E-state index in [1.54, 1.807) is 0 Å². The molecule has 158 valence electrons. The van der Waals surface area contributed by atoms with Crippen LogP contribution in [0, 0.1) is 11.6 Å². The van der Waals surface area contributed by atoms with Crippen molar-refractivity contribution in [3.8, 4) is 0 Å². The van der Waals surface area contributed by atoms with Gasteiger partial charge >= 0.3 is 0 Å². The van der Waals surface area contributed by atoms with Gasteiger partial charge in [-0.05, 0) is 24.3 Å². The predicted molar refractivity (Wildman–Crippen MR) is 100 cm³/mol. The number of β-amino-alcohol motifs (C(OH)–C–C–N with tert-alkyl or cyclic N) is 1. The molecule has 2 atom stereocenters. The molecule has 3 aromatic rings. The van der Waals surface area contributed by atoms with Crippen molar-refractivity contribution in [3.05, 3.63) is 53.9 Å². The quantitative estimate of drug-likeness (QED) is 0.572. The highest BCUT2D eigenvalue weighted by Gasteiger charge is 2.39. The first-order chi connectivity index (χ1) is 14.2. The van der Waals surface area contributed by atoms with E-state index in [-0.39, 0.29) is 27.2 Å². The fourth-order valence-electron chi connectivity index (χ4n) is 3.17. The molecule has 0 bridgehead atoms. The predicted octanol–water partition coefficient (Wildman–Crippen LogP) is 1.80. The Morgan fingerprint density at radius 2 is 1.97 bits per heavy atom. The Kier molecular flexibility index (Phi) is 5.00. The number of alkyl halides is 1. The van der Waals surface area contributed by atoms with Gasteiger partial charge < -0.3 is 15.4 Å². The maximum Gasteiger partial charge on any atom is 0.255 e. The van der Waals surface area contributed by atoms with Gasteiger partial charge in [-0.2, -0.15) is 4.31 Å². The van der Waals surface area contributed by atoms with Crippen molar-refractivity contribution >= 4 is 32.7 Å². The standard InChI is InChI=1S/C18H15F3N4O4S/c19-11-2-1-10(5-12(11)20)24-18(27)9-3-14-17(23-8-22-14)16(4-9)30(28,29)25-6-13(21)15(26)7-25/h1-5,8,13,15,26H,6-7H2,(H,22,23)(H,24,27). The zero-order valence-electron chi connectivity index (χ0n) is 15.1. The number of nitrogens with zero attached hydrogens (tertiary/aromatic N) is 2. The Balaban J connectivity index is 1.72. The number of fused-ring (bicyclic) bond motifs is 1. The van der Waals surface area contributed by atoms with Gasteiger partial charge in [0.2, 0.25) is 10.0 Å². The van der Waals surface area contributed by atoms with E-state index in [1.807, 2.05) is 0 Å². The largest absolute Gasteiger partial charge is 0.389 e. The van der Waals surface area contributed by atoms with Crippen molar-refractivity contribution in [1.82, 2.24) is 14.3 Å². The number of amides is 1. The van der Waals surface area contributed by atoms with Crippen molar-refractivity contribution < 1.29 is 31.5 Å². The van der Waals surface area contributed by atoms with Crippen LogP contribution in [0.2, 0.25) is 0 Å². The lowest BCUT2D eigenvalue weighted by molar-refractivity contribution is 0.102. The number of aliphatic hydroxyl groups is 1. The van der Waals surface area contributed by atoms with Crippen LogP contribution in [0.15, 0.2) is 41.6 Å². The molecular weight excluding hydrogens is 425 g/mol. The van der Waals surface area contributed by atoms with Gasteiger partial charge in [-0.1, -0.05) is 0 Å². The van der Waals surface area contributed by atoms with Crippen molar-refractivity contribution in [3.63, 3.8) is 0 Å². The number of benzene rings is 2. The Bertz CT molecular complexity index is 1240. The van der Waals surface area contributed by atoms with Gasteiger partial charge in [-0.15, -0.1) is 0 Å². The molecule has 8 nitrogen and oxygen atoms in total. The normalized spacial score (nSPS) is 20.0. The monoisotopic (exact) mass is 440 g/mol. The second-order valence-corrected chi connectivity index (χ2v) is 8.67. The number of anilines is 1. The molecular formula is C18H15F3N4O4S. The number of halogens is 3. The lowest BCUT2D eigenvalue weighted by Crippen LogP contribution is -2.30. The molecule has 1 saturated heterocycles. The highest BCUT2D eigenvalue weighted by Crippen LogP contribution is 2.29. The van der Waals surface area contributed by atoms with E-state index in [0.717, 1.165) is 28.6 Å². The Morgan fingerprint density at radius 3 is 2.63 bits per heavy atom. The molecule has 0 spiro atoms. The summed E-state index contributed by atoms with van der Waals surface area (Å²) in [5.41, 5.74) is 0.113. The number of rotatable bonds is 4. The molecule has 2 unspecified atom stereocenters. The summed E-state index contributed by atoms with van der Waals surface area (Å²) in [4.78, 5) is 18.9. The molecule has 1 aliphatic rings. The summed E-state index contributed by atoms with van der Waals surface area (Å²) < 4.78 is 67.0. The molecule has 2 heterocycles. The first kappa shape index (κ1) is 20.3. The summed E-state index contributed by atoms with van der Waals surface area (Å²) in [5.74, 6) is -3.03. The summed E-state index contributed by atoms with van der Waals surface area (Å²) in [6.45, 7) is -0.950. The van der Waals surface area contributed by atoms with Crippen LogP contribution in [0.25, 0.3) is 11.0 Å². The van der Waals surface area contributed by atoms with Gasteiger partial charge in [0.25, 0.3) is 5.91 Å². The van der Waals surface area contributed by atoms with Crippen molar-refractivity contribution in [2.45, 2.75) is 17.2 Å². The number of aliphatic hydroxyl groups excluding tert-OH is 1. The summed E-state index contributed by atoms with van der Waals surface area (Å²) in [6.07, 6.45) is -1.94. The van der Waals surface area contributed by atoms with Gasteiger partial charge in [0.05, 0.1) is 17.4 Å². The zero-order chi connectivity index (χ0) is 21.6. The van der Waals surface area contributed by atoms with E-state index in [2.05, 4.69) is 15.3 Å². The molecule has 0 aliphatic carbocycles. The number of hydrogen-bond acceptors (Lipinski definition) is 5. The molecule has 1 amide bonds. The second kappa shape index (κ2) is 7.38. The summed E-state index contributed by atoms with van der Waals surface area (Å²) in [7, 11) is -4.27. The van der Waals surface area contributed by atoms with Crippen LogP contribution in [-0.4, -0.2) is 59.1 Å². The number of carbonyl (C=O) groups is 1. The smallest absolute Gasteiger partial charge is 0.255 e. The third kappa shape index (κ3) is 3.53. The number of imidazole rings is 1. The van der Waals surface area contributed by atoms with E-state index in [4.69, 9.17) is 0 Å². The van der Waals surface area contributed by atoms with E-state index in [0.29, 0.717) is 0 Å². The average Bonchev–Trinajstić information content (AvgIpc) is 3.30. The van der Waals surface area contributed by atoms with Crippen LogP contribution < -0.4 is 5.32 Å². The molecule has 3 N–H and O–H groups in total. The molecule has 4 rings (SSSR count). The topological polar surface area (TPSA) is 115 Å². The second-order valence-electron chi connectivity index (χ2n) is 6.76. The van der Waals surface area contributed by atoms with Crippen LogP contribution >= 0.6 is 0 Å². The molecule has 12 heteroatoms. The third-order valence-corrected chi connectivity index (χ3v) is 6.59. The molecule has 1 aromatic heterocycles. The maximum atomic E-state index is 13.7. The highest BCUT2D eigenvalue weighted by atomic mass is 32.2. The van der Waals surface area contributed by atoms with Gasteiger partial charge in [-0.3, -0.25) is 4.79 Å². The Hall–Kier alpha value is -2.96. The Morgan fingerprint density at radius 1 is 1.20 bits per heavy atom. The number of H-pyrrole nitrogens is 1. The number of aromatic nitrogens is 2. The number of nitrogens with one attached hydrogen (secondary N) is 2. The minimum atomic E-state index is -4.27. The molecule has 0 saturated carbocycles. The summed E-state index contributed by atoms with van der Waals surface area (Å²) in [6, 6.07) is 5.16. The maximum absolute atomic E-state index is 13.7. The summed E-state index contributed by atoms with van der Waals surface area (Å²) >= 11 is 0. The van der Waals surface area contributed by atoms with E-state index >= 15 is 0 Å². The van der Waals surface area contributed by atoms with Crippen LogP contribution in [0.1, 0.15) is 10.4 Å². The zero-order valence-corrected chi connectivity index (χ0v) is 16.0. The SMILES string of the molecule is O=C(Nc1ccc(F)c(F)c1)c1cc(S(=O)(=O)N2CC(O)C(F)C2)c2[nH]cnc2c1. The minimum Gasteiger partial charge on any atom is -0.389 e. The number of sulfonamides is 1. The molecule has 1 fully saturated rings. The molecule has 30 heavy (non-hydrogen) atoms. The fraction of sp³-hybridized carbons (Fsp3) is 0.222. The van der Waals surface area contributed by atoms with Gasteiger partial charge in [-0.25, -0.2) is 26.6 Å². The van der Waals surface area contributed by atoms with Crippen molar-refractivity contribution in [2.75, 3.05) is 18.4 Å². The number of hydrogen-bond donors (Lipinski definition) is 3. The minimum absolute atomic E-state index is 0.0339. The van der Waals surface area contributed by atoms with Crippen LogP contribution in [0.5, 0.6) is 0 Å². The molecule has 0 radical (unpaired) electrons. The number of aromatic amines is 1. The Labute approximate surface area is 168 Å². The average molecular weight is 440 g/mol. The van der Waals surface area contributed by atoms with Crippen molar-refractivity contribution in [2.24, 2.45) is 0 Å². The lowest BCUT2D eigenvalue weighted by atomic mass is 10.1. The highest BCUT2D eigenvalue weighted by molar-refractivity contribution is 7.89. The van der Waals surface area contributed by atoms with Gasteiger partial charge in [0, 0.05) is 30.4 Å². The fourth-order valence-corrected chi connectivity index (χ4v) is 4.84. The van der Waals surface area contributed by atoms with Crippen molar-refractivity contribution in [1.29, 1.82) is 0 Å². The van der Waals surface area contributed by atoms with Crippen LogP contribution in [-0.2, 0) is 10.0 Å². The van der Waals surface area contributed by atoms with E-state index in [9.17, 15) is 31.5 Å². The van der Waals surface area contributed by atoms with E-state index in [1.165, 1.54) is 12.4 Å². The van der Waals surface area contributed by atoms with Crippen LogP contribution in [0.3, 0.4) is 0 Å². The summed E-state index contributed by atoms with van der Waals surface area (Å²) in [5, 5.41) is 11.9.